The zero-order valence-corrected chi connectivity index (χ0v) is 23.7. The van der Waals surface area contributed by atoms with Crippen molar-refractivity contribution < 1.29 is 29.6 Å². The maximum Gasteiger partial charge on any atom is 0.331 e. The van der Waals surface area contributed by atoms with Gasteiger partial charge in [-0.05, 0) is 96.7 Å². The summed E-state index contributed by atoms with van der Waals surface area (Å²) in [5.74, 6) is -0.780. The highest BCUT2D eigenvalue weighted by molar-refractivity contribution is 9.10. The smallest absolute Gasteiger partial charge is 0.331 e. The molecule has 0 bridgehead atoms. The number of fused-ring (bicyclic) bond motifs is 5. The first kappa shape index (κ1) is 27.1. The van der Waals surface area contributed by atoms with Crippen molar-refractivity contribution >= 4 is 34.0 Å². The minimum atomic E-state index is -1.19. The van der Waals surface area contributed by atoms with E-state index in [1.807, 2.05) is 0 Å². The first-order valence-corrected chi connectivity index (χ1v) is 14.8. The Morgan fingerprint density at radius 3 is 2.69 bits per heavy atom. The van der Waals surface area contributed by atoms with Crippen LogP contribution >= 0.6 is 15.9 Å². The molecule has 0 aromatic carbocycles. The molecule has 1 aromatic rings. The van der Waals surface area contributed by atoms with E-state index in [4.69, 9.17) is 4.74 Å². The number of pyridine rings is 1. The van der Waals surface area contributed by atoms with Gasteiger partial charge < -0.3 is 20.1 Å². The van der Waals surface area contributed by atoms with Crippen molar-refractivity contribution in [2.45, 2.75) is 82.0 Å². The average Bonchev–Trinajstić information content (AvgIpc) is 3.43. The van der Waals surface area contributed by atoms with Gasteiger partial charge in [-0.2, -0.15) is 5.10 Å². The Labute approximate surface area is 236 Å². The number of ether oxygens (including phenoxy) is 1. The van der Waals surface area contributed by atoms with Crippen molar-refractivity contribution in [3.63, 3.8) is 0 Å². The lowest BCUT2D eigenvalue weighted by molar-refractivity contribution is -0.237. The van der Waals surface area contributed by atoms with Crippen molar-refractivity contribution in [1.82, 2.24) is 10.4 Å². The molecule has 0 unspecified atom stereocenters. The second-order valence-corrected chi connectivity index (χ2v) is 13.5. The Morgan fingerprint density at radius 1 is 1.15 bits per heavy atom. The number of carbonyl (C=O) groups is 2. The van der Waals surface area contributed by atoms with Crippen LogP contribution in [0.2, 0.25) is 0 Å². The van der Waals surface area contributed by atoms with E-state index in [0.29, 0.717) is 48.7 Å². The Balaban J connectivity index is 1.32. The summed E-state index contributed by atoms with van der Waals surface area (Å²) >= 11 is 3.33. The summed E-state index contributed by atoms with van der Waals surface area (Å²) in [7, 11) is 0. The number of halogens is 1. The molecular weight excluding hydrogens is 566 g/mol. The minimum absolute atomic E-state index is 0.0656. The number of hydrogen-bond donors (Lipinski definition) is 4. The van der Waals surface area contributed by atoms with E-state index in [-0.39, 0.29) is 30.1 Å². The van der Waals surface area contributed by atoms with Crippen LogP contribution in [0.15, 0.2) is 39.7 Å². The Kier molecular flexibility index (Phi) is 6.56. The molecular formula is C29H36BrN3O6. The lowest BCUT2D eigenvalue weighted by Gasteiger charge is -2.65. The number of aliphatic hydroxyl groups excluding tert-OH is 1. The van der Waals surface area contributed by atoms with E-state index < -0.39 is 34.0 Å². The van der Waals surface area contributed by atoms with Crippen molar-refractivity contribution in [1.29, 1.82) is 0 Å². The summed E-state index contributed by atoms with van der Waals surface area (Å²) in [4.78, 5) is 28.6. The predicted molar refractivity (Wildman–Crippen MR) is 145 cm³/mol. The second-order valence-electron chi connectivity index (χ2n) is 12.6. The lowest BCUT2D eigenvalue weighted by Crippen LogP contribution is -2.68. The fourth-order valence-corrected chi connectivity index (χ4v) is 9.53. The Hall–Kier alpha value is -2.14. The standard InChI is InChI=1S/C29H36BrN3O6/c1-26-6-3-22-23(29(26,38)9-5-21(26)18-11-24(35)39-15-18)4-8-28(37)12-20(34)2-7-27(22,28)16-32-33-25(36)17-10-19(30)14-31-13-17/h10-11,13-14,16,20-23,34,37-38H,2-9,12,15H2,1H3,(H,33,36)/b32-16-/t20-,21-,22+,23-,26-,27+,28+,29+/m1/s1. The summed E-state index contributed by atoms with van der Waals surface area (Å²) in [5.41, 5.74) is 0.608. The molecule has 4 fully saturated rings. The van der Waals surface area contributed by atoms with Gasteiger partial charge in [-0.3, -0.25) is 9.78 Å². The number of amides is 1. The number of hydrazone groups is 1. The third kappa shape index (κ3) is 4.04. The van der Waals surface area contributed by atoms with E-state index in [0.717, 1.165) is 24.8 Å². The van der Waals surface area contributed by atoms with Gasteiger partial charge in [0.2, 0.25) is 0 Å². The molecule has 4 N–H and O–H groups in total. The van der Waals surface area contributed by atoms with Gasteiger partial charge in [0.05, 0.1) is 22.9 Å². The van der Waals surface area contributed by atoms with Gasteiger partial charge in [0, 0.05) is 46.4 Å². The molecule has 9 nitrogen and oxygen atoms in total. The molecule has 210 valence electrons. The van der Waals surface area contributed by atoms with E-state index in [9.17, 15) is 24.9 Å². The van der Waals surface area contributed by atoms with E-state index >= 15 is 0 Å². The molecule has 0 radical (unpaired) electrons. The van der Waals surface area contributed by atoms with Crippen LogP contribution in [-0.4, -0.2) is 62.3 Å². The number of aromatic nitrogens is 1. The lowest BCUT2D eigenvalue weighted by atomic mass is 9.41. The molecule has 1 aliphatic heterocycles. The Morgan fingerprint density at radius 2 is 1.95 bits per heavy atom. The van der Waals surface area contributed by atoms with Gasteiger partial charge in [-0.15, -0.1) is 0 Å². The zero-order valence-electron chi connectivity index (χ0n) is 22.1. The molecule has 4 aliphatic carbocycles. The summed E-state index contributed by atoms with van der Waals surface area (Å²) in [6.45, 7) is 2.45. The number of nitrogens with zero attached hydrogens (tertiary/aromatic N) is 2. The number of nitrogens with one attached hydrogen (secondary N) is 1. The van der Waals surface area contributed by atoms with Crippen LogP contribution in [0.3, 0.4) is 0 Å². The van der Waals surface area contributed by atoms with Crippen molar-refractivity contribution in [2.24, 2.45) is 33.7 Å². The molecule has 6 rings (SSSR count). The van der Waals surface area contributed by atoms with Crippen molar-refractivity contribution in [3.05, 3.63) is 40.1 Å². The molecule has 1 aromatic heterocycles. The number of esters is 1. The van der Waals surface area contributed by atoms with Crippen LogP contribution in [0, 0.1) is 28.6 Å². The van der Waals surface area contributed by atoms with Gasteiger partial charge in [0.25, 0.3) is 5.91 Å². The van der Waals surface area contributed by atoms with E-state index in [2.05, 4.69) is 38.4 Å². The maximum absolute atomic E-state index is 12.8. The van der Waals surface area contributed by atoms with Gasteiger partial charge in [0.1, 0.15) is 6.61 Å². The normalized spacial score (nSPS) is 43.3. The number of carbonyl (C=O) groups excluding carboxylic acids is 2. The van der Waals surface area contributed by atoms with Crippen LogP contribution in [-0.2, 0) is 9.53 Å². The van der Waals surface area contributed by atoms with Crippen LogP contribution in [0.4, 0.5) is 0 Å². The molecule has 0 saturated heterocycles. The number of hydrogen-bond acceptors (Lipinski definition) is 8. The highest BCUT2D eigenvalue weighted by Crippen LogP contribution is 2.70. The van der Waals surface area contributed by atoms with Gasteiger partial charge >= 0.3 is 5.97 Å². The fourth-order valence-electron chi connectivity index (χ4n) is 9.17. The third-order valence-corrected chi connectivity index (χ3v) is 11.5. The highest BCUT2D eigenvalue weighted by Gasteiger charge is 2.71. The molecule has 1 amide bonds. The Bertz CT molecular complexity index is 1260. The largest absolute Gasteiger partial charge is 0.458 e. The first-order valence-electron chi connectivity index (χ1n) is 14.0. The quantitative estimate of drug-likeness (QED) is 0.236. The predicted octanol–water partition coefficient (Wildman–Crippen LogP) is 3.27. The molecule has 2 heterocycles. The molecule has 0 spiro atoms. The van der Waals surface area contributed by atoms with E-state index in [1.165, 1.54) is 6.20 Å². The first-order chi connectivity index (χ1) is 18.5. The zero-order chi connectivity index (χ0) is 27.6. The molecule has 8 atom stereocenters. The van der Waals surface area contributed by atoms with Gasteiger partial charge in [-0.1, -0.05) is 6.92 Å². The number of rotatable bonds is 4. The number of cyclic esters (lactones) is 1. The molecule has 4 saturated carbocycles. The summed E-state index contributed by atoms with van der Waals surface area (Å²) in [6.07, 6.45) is 11.1. The molecule has 10 heteroatoms. The minimum Gasteiger partial charge on any atom is -0.458 e. The summed E-state index contributed by atoms with van der Waals surface area (Å²) in [6, 6.07) is 1.66. The SMILES string of the molecule is C[C@]12CC[C@H]3[C@@H](CC[C@]4(O)C[C@H](O)CC[C@]34/C=N\NC(=O)c3cncc(Br)c3)[C@@]1(O)CC[C@@H]2C1=CC(=O)OC1. The summed E-state index contributed by atoms with van der Waals surface area (Å²) in [5, 5.41) is 39.5. The maximum atomic E-state index is 12.8. The van der Waals surface area contributed by atoms with Crippen LogP contribution in [0.1, 0.15) is 75.1 Å². The average molecular weight is 603 g/mol. The number of aliphatic hydroxyl groups is 3. The van der Waals surface area contributed by atoms with E-state index in [1.54, 1.807) is 24.6 Å². The van der Waals surface area contributed by atoms with Crippen LogP contribution < -0.4 is 5.43 Å². The molecule has 5 aliphatic rings. The second kappa shape index (κ2) is 9.46. The highest BCUT2D eigenvalue weighted by atomic mass is 79.9. The summed E-state index contributed by atoms with van der Waals surface area (Å²) < 4.78 is 5.91. The third-order valence-electron chi connectivity index (χ3n) is 11.1. The van der Waals surface area contributed by atoms with Gasteiger partial charge in [-0.25, -0.2) is 10.2 Å². The topological polar surface area (TPSA) is 141 Å². The molecule has 39 heavy (non-hydrogen) atoms. The van der Waals surface area contributed by atoms with Crippen molar-refractivity contribution in [3.8, 4) is 0 Å². The fraction of sp³-hybridized carbons (Fsp3) is 0.655. The van der Waals surface area contributed by atoms with Crippen LogP contribution in [0.25, 0.3) is 0 Å². The monoisotopic (exact) mass is 601 g/mol. The van der Waals surface area contributed by atoms with Gasteiger partial charge in [0.15, 0.2) is 0 Å². The van der Waals surface area contributed by atoms with Crippen LogP contribution in [0.5, 0.6) is 0 Å². The van der Waals surface area contributed by atoms with Crippen molar-refractivity contribution in [2.75, 3.05) is 6.61 Å².